The SMILES string of the molecule is CC(=O)Nc1ccc(NC2N(N)C(=O)N(C[C@H](C)C(=O)N=O)C(=O)N2Cc2ccc(C)cc2)cc1. The van der Waals surface area contributed by atoms with Crippen molar-refractivity contribution in [3.05, 3.63) is 64.6 Å². The van der Waals surface area contributed by atoms with Crippen LogP contribution in [0.25, 0.3) is 0 Å². The Morgan fingerprint density at radius 3 is 2.20 bits per heavy atom. The number of nitroso groups, excluding NO2 is 1. The number of carbonyl (C=O) groups excluding carboxylic acids is 4. The summed E-state index contributed by atoms with van der Waals surface area (Å²) in [5.74, 6) is 3.95. The number of carbonyl (C=O) groups is 4. The van der Waals surface area contributed by atoms with Crippen LogP contribution in [0.15, 0.2) is 53.7 Å². The van der Waals surface area contributed by atoms with Crippen LogP contribution >= 0.6 is 0 Å². The molecule has 12 nitrogen and oxygen atoms in total. The van der Waals surface area contributed by atoms with E-state index in [0.717, 1.165) is 21.0 Å². The number of nitrogens with zero attached hydrogens (tertiary/aromatic N) is 4. The van der Waals surface area contributed by atoms with Crippen LogP contribution in [0, 0.1) is 17.7 Å². The summed E-state index contributed by atoms with van der Waals surface area (Å²) in [6.45, 7) is 4.49. The minimum absolute atomic E-state index is 0.104. The van der Waals surface area contributed by atoms with Crippen LogP contribution in [0.4, 0.5) is 21.0 Å². The van der Waals surface area contributed by atoms with E-state index in [1.165, 1.54) is 18.7 Å². The van der Waals surface area contributed by atoms with E-state index in [2.05, 4.69) is 15.8 Å². The zero-order chi connectivity index (χ0) is 25.7. The maximum atomic E-state index is 13.4. The Labute approximate surface area is 202 Å². The summed E-state index contributed by atoms with van der Waals surface area (Å²) in [5.41, 5.74) is 2.95. The highest BCUT2D eigenvalue weighted by atomic mass is 16.3. The number of aryl methyl sites for hydroxylation is 1. The number of amides is 6. The number of imide groups is 1. The quantitative estimate of drug-likeness (QED) is 0.297. The molecule has 1 saturated heterocycles. The summed E-state index contributed by atoms with van der Waals surface area (Å²) in [4.78, 5) is 62.1. The molecule has 0 spiro atoms. The molecule has 1 aliphatic rings. The van der Waals surface area contributed by atoms with Crippen LogP contribution in [0.3, 0.4) is 0 Å². The van der Waals surface area contributed by atoms with E-state index < -0.39 is 30.2 Å². The minimum Gasteiger partial charge on any atom is -0.347 e. The number of nitrogens with one attached hydrogen (secondary N) is 2. The van der Waals surface area contributed by atoms with Gasteiger partial charge in [-0.2, -0.15) is 0 Å². The molecule has 0 bridgehead atoms. The minimum atomic E-state index is -1.06. The van der Waals surface area contributed by atoms with Gasteiger partial charge in [-0.05, 0) is 36.8 Å². The van der Waals surface area contributed by atoms with E-state index in [-0.39, 0.29) is 19.0 Å². The molecule has 6 amide bonds. The Morgan fingerprint density at radius 1 is 1.03 bits per heavy atom. The van der Waals surface area contributed by atoms with Crippen molar-refractivity contribution in [3.63, 3.8) is 0 Å². The fraction of sp³-hybridized carbons (Fsp3) is 0.304. The number of urea groups is 2. The fourth-order valence-electron chi connectivity index (χ4n) is 3.53. The van der Waals surface area contributed by atoms with E-state index >= 15 is 0 Å². The largest absolute Gasteiger partial charge is 0.347 e. The monoisotopic (exact) mass is 481 g/mol. The zero-order valence-corrected chi connectivity index (χ0v) is 19.6. The number of nitrogens with two attached hydrogens (primary N) is 1. The summed E-state index contributed by atoms with van der Waals surface area (Å²) in [6.07, 6.45) is -1.06. The summed E-state index contributed by atoms with van der Waals surface area (Å²) >= 11 is 0. The maximum Gasteiger partial charge on any atom is 0.345 e. The van der Waals surface area contributed by atoms with Gasteiger partial charge in [-0.25, -0.2) is 25.3 Å². The zero-order valence-electron chi connectivity index (χ0n) is 19.6. The van der Waals surface area contributed by atoms with E-state index in [1.807, 2.05) is 31.2 Å². The van der Waals surface area contributed by atoms with E-state index in [9.17, 15) is 24.1 Å². The van der Waals surface area contributed by atoms with Crippen LogP contribution in [-0.4, -0.2) is 51.5 Å². The van der Waals surface area contributed by atoms with Gasteiger partial charge in [-0.3, -0.25) is 14.5 Å². The van der Waals surface area contributed by atoms with Crippen molar-refractivity contribution in [2.75, 3.05) is 17.2 Å². The number of benzene rings is 2. The van der Waals surface area contributed by atoms with Crippen LogP contribution in [0.5, 0.6) is 0 Å². The van der Waals surface area contributed by atoms with Gasteiger partial charge in [0.1, 0.15) is 0 Å². The predicted molar refractivity (Wildman–Crippen MR) is 128 cm³/mol. The third-order valence-corrected chi connectivity index (χ3v) is 5.43. The average molecular weight is 482 g/mol. The predicted octanol–water partition coefficient (Wildman–Crippen LogP) is 2.81. The molecular weight excluding hydrogens is 454 g/mol. The summed E-state index contributed by atoms with van der Waals surface area (Å²) in [6, 6.07) is 12.6. The third kappa shape index (κ3) is 5.98. The molecule has 0 aromatic heterocycles. The lowest BCUT2D eigenvalue weighted by Gasteiger charge is -2.45. The van der Waals surface area contributed by atoms with E-state index in [4.69, 9.17) is 5.84 Å². The van der Waals surface area contributed by atoms with Crippen molar-refractivity contribution >= 4 is 35.3 Å². The van der Waals surface area contributed by atoms with Gasteiger partial charge in [-0.1, -0.05) is 36.8 Å². The lowest BCUT2D eigenvalue weighted by atomic mass is 10.1. The Bertz CT molecular complexity index is 1120. The van der Waals surface area contributed by atoms with E-state index in [1.54, 1.807) is 24.3 Å². The van der Waals surface area contributed by atoms with Gasteiger partial charge < -0.3 is 10.6 Å². The van der Waals surface area contributed by atoms with Gasteiger partial charge in [0.15, 0.2) is 0 Å². The molecule has 0 radical (unpaired) electrons. The van der Waals surface area contributed by atoms with Crippen molar-refractivity contribution in [2.45, 2.75) is 33.6 Å². The first-order valence-electron chi connectivity index (χ1n) is 10.8. The van der Waals surface area contributed by atoms with Gasteiger partial charge in [0.05, 0.1) is 12.5 Å². The Kier molecular flexibility index (Phi) is 7.76. The molecule has 35 heavy (non-hydrogen) atoms. The molecule has 1 heterocycles. The average Bonchev–Trinajstić information content (AvgIpc) is 2.83. The van der Waals surface area contributed by atoms with Crippen LogP contribution < -0.4 is 16.5 Å². The normalized spacial score (nSPS) is 16.7. The highest BCUT2D eigenvalue weighted by Crippen LogP contribution is 2.24. The summed E-state index contributed by atoms with van der Waals surface area (Å²) < 4.78 is 0. The van der Waals surface area contributed by atoms with Crippen molar-refractivity contribution in [2.24, 2.45) is 16.9 Å². The molecule has 0 saturated carbocycles. The number of anilines is 2. The molecule has 1 fully saturated rings. The molecule has 12 heteroatoms. The number of hydrogen-bond acceptors (Lipinski definition) is 7. The first kappa shape index (κ1) is 25.3. The maximum absolute atomic E-state index is 13.4. The van der Waals surface area contributed by atoms with Gasteiger partial charge >= 0.3 is 12.1 Å². The van der Waals surface area contributed by atoms with Gasteiger partial charge in [0, 0.05) is 30.0 Å². The third-order valence-electron chi connectivity index (χ3n) is 5.43. The van der Waals surface area contributed by atoms with Crippen molar-refractivity contribution in [3.8, 4) is 0 Å². The topological polar surface area (TPSA) is 158 Å². The molecule has 3 rings (SSSR count). The second-order valence-electron chi connectivity index (χ2n) is 8.30. The molecule has 2 atom stereocenters. The van der Waals surface area contributed by atoms with Crippen molar-refractivity contribution in [1.29, 1.82) is 0 Å². The molecule has 1 unspecified atom stereocenters. The van der Waals surface area contributed by atoms with Gasteiger partial charge in [0.2, 0.25) is 12.2 Å². The van der Waals surface area contributed by atoms with Crippen molar-refractivity contribution in [1.82, 2.24) is 14.8 Å². The fourth-order valence-corrected chi connectivity index (χ4v) is 3.53. The van der Waals surface area contributed by atoms with Crippen LogP contribution in [0.2, 0.25) is 0 Å². The molecule has 2 aromatic rings. The smallest absolute Gasteiger partial charge is 0.345 e. The highest BCUT2D eigenvalue weighted by Gasteiger charge is 2.44. The second-order valence-corrected chi connectivity index (χ2v) is 8.30. The molecule has 184 valence electrons. The number of rotatable bonds is 8. The lowest BCUT2D eigenvalue weighted by molar-refractivity contribution is -0.121. The van der Waals surface area contributed by atoms with Gasteiger partial charge in [-0.15, -0.1) is 4.91 Å². The first-order chi connectivity index (χ1) is 16.6. The Balaban J connectivity index is 1.90. The second kappa shape index (κ2) is 10.7. The van der Waals surface area contributed by atoms with Crippen LogP contribution in [-0.2, 0) is 16.1 Å². The lowest BCUT2D eigenvalue weighted by Crippen LogP contribution is -2.70. The van der Waals surface area contributed by atoms with E-state index in [0.29, 0.717) is 11.4 Å². The molecule has 1 aliphatic heterocycles. The molecule has 2 aromatic carbocycles. The Morgan fingerprint density at radius 2 is 1.63 bits per heavy atom. The molecular formula is C23H27N7O5. The van der Waals surface area contributed by atoms with Gasteiger partial charge in [0.25, 0.3) is 5.91 Å². The van der Waals surface area contributed by atoms with Crippen molar-refractivity contribution < 1.29 is 19.2 Å². The Hall–Kier alpha value is -4.32. The first-order valence-corrected chi connectivity index (χ1v) is 10.8. The summed E-state index contributed by atoms with van der Waals surface area (Å²) in [7, 11) is 0. The highest BCUT2D eigenvalue weighted by molar-refractivity contribution is 5.97. The molecule has 0 aliphatic carbocycles. The van der Waals surface area contributed by atoms with Crippen LogP contribution in [0.1, 0.15) is 25.0 Å². The standard InChI is InChI=1S/C23H27N7O5/c1-14-4-6-17(7-5-14)13-28-21(26-19-10-8-18(9-11-19)25-16(3)31)30(24)23(34)29(22(28)33)12-15(2)20(32)27-35/h4-11,15,21,26H,12-13,24H2,1-3H3,(H,25,31)/t15-,21?/m0/s1. The number of hydrogen-bond donors (Lipinski definition) is 3. The molecule has 4 N–H and O–H groups in total. The number of hydrazine groups is 1. The summed E-state index contributed by atoms with van der Waals surface area (Å²) in [5, 5.41) is 8.96.